The van der Waals surface area contributed by atoms with Crippen molar-refractivity contribution in [1.29, 1.82) is 0 Å². The summed E-state index contributed by atoms with van der Waals surface area (Å²) in [6.45, 7) is 1.46. The highest BCUT2D eigenvalue weighted by Crippen LogP contribution is 2.17. The van der Waals surface area contributed by atoms with E-state index < -0.39 is 23.4 Å². The summed E-state index contributed by atoms with van der Waals surface area (Å²) >= 11 is 0. The smallest absolute Gasteiger partial charge is 0.331 e. The van der Waals surface area contributed by atoms with Crippen LogP contribution in [0.4, 0.5) is 18.9 Å². The molecule has 92 valence electrons. The third kappa shape index (κ3) is 3.51. The molecule has 2 N–H and O–H groups in total. The van der Waals surface area contributed by atoms with E-state index in [1.807, 2.05) is 0 Å². The summed E-state index contributed by atoms with van der Waals surface area (Å²) in [5, 5.41) is 11.1. The number of halogens is 3. The number of nitrogens with one attached hydrogen (secondary N) is 1. The van der Waals surface area contributed by atoms with Crippen molar-refractivity contribution in [2.45, 2.75) is 6.92 Å². The van der Waals surface area contributed by atoms with Gasteiger partial charge in [0.15, 0.2) is 17.5 Å². The van der Waals surface area contributed by atoms with Gasteiger partial charge in [-0.1, -0.05) is 6.08 Å². The molecule has 0 saturated carbocycles. The molecular formula is C11H10F3NO2. The van der Waals surface area contributed by atoms with Crippen molar-refractivity contribution in [3.05, 3.63) is 41.2 Å². The highest BCUT2D eigenvalue weighted by atomic mass is 19.2. The first-order valence-corrected chi connectivity index (χ1v) is 4.70. The Labute approximate surface area is 95.6 Å². The van der Waals surface area contributed by atoms with E-state index in [0.29, 0.717) is 0 Å². The maximum atomic E-state index is 12.8. The topological polar surface area (TPSA) is 49.3 Å². The number of benzene rings is 1. The fourth-order valence-electron chi connectivity index (χ4n) is 1.07. The van der Waals surface area contributed by atoms with Gasteiger partial charge in [-0.15, -0.1) is 0 Å². The number of hydrogen-bond donors (Lipinski definition) is 2. The molecule has 0 spiro atoms. The summed E-state index contributed by atoms with van der Waals surface area (Å²) < 4.78 is 38.2. The molecule has 1 rings (SSSR count). The zero-order chi connectivity index (χ0) is 13.0. The van der Waals surface area contributed by atoms with Crippen molar-refractivity contribution < 1.29 is 23.1 Å². The Morgan fingerprint density at radius 2 is 1.88 bits per heavy atom. The van der Waals surface area contributed by atoms with Crippen molar-refractivity contribution in [3.63, 3.8) is 0 Å². The number of anilines is 1. The molecule has 0 saturated heterocycles. The van der Waals surface area contributed by atoms with E-state index in [1.54, 1.807) is 0 Å². The number of carbonyl (C=O) groups is 1. The quantitative estimate of drug-likeness (QED) is 0.633. The molecule has 0 aliphatic carbocycles. The van der Waals surface area contributed by atoms with Crippen LogP contribution in [0, 0.1) is 17.5 Å². The SMILES string of the molecule is C/C(=C/CNc1cc(F)c(F)c(F)c1)C(=O)O. The largest absolute Gasteiger partial charge is 0.478 e. The minimum atomic E-state index is -1.53. The highest BCUT2D eigenvalue weighted by Gasteiger charge is 2.09. The summed E-state index contributed by atoms with van der Waals surface area (Å²) in [6, 6.07) is 1.59. The van der Waals surface area contributed by atoms with Crippen LogP contribution in [0.5, 0.6) is 0 Å². The fraction of sp³-hybridized carbons (Fsp3) is 0.182. The first-order chi connectivity index (χ1) is 7.91. The molecule has 0 aliphatic rings. The molecule has 0 radical (unpaired) electrons. The van der Waals surface area contributed by atoms with Crippen LogP contribution in [0.1, 0.15) is 6.92 Å². The van der Waals surface area contributed by atoms with Gasteiger partial charge in [0.25, 0.3) is 0 Å². The molecule has 0 atom stereocenters. The van der Waals surface area contributed by atoms with Crippen LogP contribution in [0.2, 0.25) is 0 Å². The number of carboxylic acids is 1. The van der Waals surface area contributed by atoms with E-state index >= 15 is 0 Å². The van der Waals surface area contributed by atoms with Gasteiger partial charge in [-0.3, -0.25) is 0 Å². The van der Waals surface area contributed by atoms with Gasteiger partial charge in [-0.05, 0) is 6.92 Å². The molecule has 1 aromatic rings. The lowest BCUT2D eigenvalue weighted by atomic mass is 10.2. The first kappa shape index (κ1) is 13.1. The van der Waals surface area contributed by atoms with E-state index in [1.165, 1.54) is 13.0 Å². The van der Waals surface area contributed by atoms with Gasteiger partial charge in [0.2, 0.25) is 0 Å². The molecule has 0 fully saturated rings. The van der Waals surface area contributed by atoms with Crippen LogP contribution in [-0.4, -0.2) is 17.6 Å². The summed E-state index contributed by atoms with van der Waals surface area (Å²) in [7, 11) is 0. The van der Waals surface area contributed by atoms with Crippen molar-refractivity contribution in [3.8, 4) is 0 Å². The predicted molar refractivity (Wildman–Crippen MR) is 56.2 cm³/mol. The Bertz CT molecular complexity index is 449. The lowest BCUT2D eigenvalue weighted by Crippen LogP contribution is -2.04. The van der Waals surface area contributed by atoms with Gasteiger partial charge in [0.1, 0.15) is 0 Å². The molecule has 0 bridgehead atoms. The van der Waals surface area contributed by atoms with Crippen LogP contribution in [0.15, 0.2) is 23.8 Å². The second-order valence-corrected chi connectivity index (χ2v) is 3.33. The van der Waals surface area contributed by atoms with Gasteiger partial charge in [-0.2, -0.15) is 0 Å². The Kier molecular flexibility index (Phi) is 4.14. The van der Waals surface area contributed by atoms with Crippen LogP contribution in [0.25, 0.3) is 0 Å². The molecule has 0 heterocycles. The van der Waals surface area contributed by atoms with Crippen LogP contribution < -0.4 is 5.32 Å². The Balaban J connectivity index is 2.71. The number of hydrogen-bond acceptors (Lipinski definition) is 2. The van der Waals surface area contributed by atoms with Gasteiger partial charge >= 0.3 is 5.97 Å². The summed E-state index contributed by atoms with van der Waals surface area (Å²) in [4.78, 5) is 10.4. The molecule has 0 aliphatic heterocycles. The van der Waals surface area contributed by atoms with E-state index in [-0.39, 0.29) is 17.8 Å². The Hall–Kier alpha value is -1.98. The minimum Gasteiger partial charge on any atom is -0.478 e. The Morgan fingerprint density at radius 3 is 2.35 bits per heavy atom. The van der Waals surface area contributed by atoms with Gasteiger partial charge < -0.3 is 10.4 Å². The monoisotopic (exact) mass is 245 g/mol. The van der Waals surface area contributed by atoms with Crippen molar-refractivity contribution >= 4 is 11.7 Å². The molecule has 1 aromatic carbocycles. The molecule has 3 nitrogen and oxygen atoms in total. The summed E-state index contributed by atoms with van der Waals surface area (Å²) in [5.74, 6) is -5.21. The second-order valence-electron chi connectivity index (χ2n) is 3.33. The van der Waals surface area contributed by atoms with Crippen molar-refractivity contribution in [2.75, 3.05) is 11.9 Å². The average Bonchev–Trinajstić information content (AvgIpc) is 2.25. The third-order valence-corrected chi connectivity index (χ3v) is 2.04. The lowest BCUT2D eigenvalue weighted by molar-refractivity contribution is -0.132. The van der Waals surface area contributed by atoms with Crippen molar-refractivity contribution in [1.82, 2.24) is 0 Å². The van der Waals surface area contributed by atoms with E-state index in [2.05, 4.69) is 5.32 Å². The van der Waals surface area contributed by atoms with Crippen LogP contribution in [0.3, 0.4) is 0 Å². The molecule has 0 aromatic heterocycles. The maximum absolute atomic E-state index is 12.8. The number of aliphatic carboxylic acids is 1. The third-order valence-electron chi connectivity index (χ3n) is 2.04. The fourth-order valence-corrected chi connectivity index (χ4v) is 1.07. The van der Waals surface area contributed by atoms with E-state index in [4.69, 9.17) is 5.11 Å². The zero-order valence-corrected chi connectivity index (χ0v) is 8.93. The van der Waals surface area contributed by atoms with Crippen LogP contribution >= 0.6 is 0 Å². The summed E-state index contributed by atoms with van der Waals surface area (Å²) in [5.41, 5.74) is 0.136. The first-order valence-electron chi connectivity index (χ1n) is 4.70. The zero-order valence-electron chi connectivity index (χ0n) is 8.93. The second kappa shape index (κ2) is 5.38. The maximum Gasteiger partial charge on any atom is 0.331 e. The summed E-state index contributed by atoms with van der Waals surface area (Å²) in [6.07, 6.45) is 1.33. The van der Waals surface area contributed by atoms with E-state index in [9.17, 15) is 18.0 Å². The molecule has 6 heteroatoms. The van der Waals surface area contributed by atoms with E-state index in [0.717, 1.165) is 12.1 Å². The molecule has 0 unspecified atom stereocenters. The van der Waals surface area contributed by atoms with Gasteiger partial charge in [0.05, 0.1) is 0 Å². The highest BCUT2D eigenvalue weighted by molar-refractivity contribution is 5.85. The van der Waals surface area contributed by atoms with Crippen molar-refractivity contribution in [2.24, 2.45) is 0 Å². The van der Waals surface area contributed by atoms with Gasteiger partial charge in [-0.25, -0.2) is 18.0 Å². The molecular weight excluding hydrogens is 235 g/mol. The van der Waals surface area contributed by atoms with Gasteiger partial charge in [0, 0.05) is 29.9 Å². The number of carboxylic acid groups (broad SMARTS) is 1. The predicted octanol–water partition coefficient (Wildman–Crippen LogP) is 2.55. The average molecular weight is 245 g/mol. The molecule has 17 heavy (non-hydrogen) atoms. The number of rotatable bonds is 4. The minimum absolute atomic E-state index is 0.0378. The molecule has 0 amide bonds. The lowest BCUT2D eigenvalue weighted by Gasteiger charge is -2.05. The standard InChI is InChI=1S/C11H10F3NO2/c1-6(11(16)17)2-3-15-7-4-8(12)10(14)9(13)5-7/h2,4-5,15H,3H2,1H3,(H,16,17)/b6-2-. The Morgan fingerprint density at radius 1 is 1.35 bits per heavy atom. The van der Waals surface area contributed by atoms with Crippen LogP contribution in [-0.2, 0) is 4.79 Å². The normalized spacial score (nSPS) is 11.4.